The van der Waals surface area contributed by atoms with E-state index in [9.17, 15) is 0 Å². The second kappa shape index (κ2) is 5.93. The summed E-state index contributed by atoms with van der Waals surface area (Å²) in [6.07, 6.45) is 5.43. The van der Waals surface area contributed by atoms with Crippen LogP contribution in [0.3, 0.4) is 0 Å². The summed E-state index contributed by atoms with van der Waals surface area (Å²) >= 11 is 0. The van der Waals surface area contributed by atoms with Gasteiger partial charge in [-0.25, -0.2) is 0 Å². The average Bonchev–Trinajstić information content (AvgIpc) is 2.83. The molecule has 1 aromatic carbocycles. The molecule has 0 bridgehead atoms. The first kappa shape index (κ1) is 12.9. The van der Waals surface area contributed by atoms with E-state index in [0.29, 0.717) is 12.1 Å². The normalized spacial score (nSPS) is 27.0. The molecule has 3 nitrogen and oxygen atoms in total. The van der Waals surface area contributed by atoms with Crippen LogP contribution in [0.1, 0.15) is 24.8 Å². The Balaban J connectivity index is 1.60. The van der Waals surface area contributed by atoms with Crippen molar-refractivity contribution in [3.63, 3.8) is 0 Å². The lowest BCUT2D eigenvalue weighted by Gasteiger charge is -2.36. The van der Waals surface area contributed by atoms with Crippen molar-refractivity contribution in [1.29, 1.82) is 0 Å². The van der Waals surface area contributed by atoms with Crippen LogP contribution >= 0.6 is 0 Å². The van der Waals surface area contributed by atoms with Crippen molar-refractivity contribution in [2.45, 2.75) is 37.8 Å². The third-order valence-electron chi connectivity index (χ3n) is 4.34. The van der Waals surface area contributed by atoms with Gasteiger partial charge in [0.05, 0.1) is 0 Å². The molecule has 2 atom stereocenters. The number of rotatable bonds is 4. The zero-order valence-corrected chi connectivity index (χ0v) is 11.8. The summed E-state index contributed by atoms with van der Waals surface area (Å²) in [5.74, 6) is 1.09. The van der Waals surface area contributed by atoms with Gasteiger partial charge >= 0.3 is 0 Å². The van der Waals surface area contributed by atoms with Crippen LogP contribution in [0.4, 0.5) is 0 Å². The van der Waals surface area contributed by atoms with E-state index in [4.69, 9.17) is 4.74 Å². The molecule has 0 saturated carbocycles. The molecule has 3 heteroatoms. The number of nitrogens with zero attached hydrogens (tertiary/aromatic N) is 1. The van der Waals surface area contributed by atoms with Gasteiger partial charge in [-0.2, -0.15) is 0 Å². The maximum atomic E-state index is 6.07. The van der Waals surface area contributed by atoms with Crippen molar-refractivity contribution in [2.24, 2.45) is 0 Å². The van der Waals surface area contributed by atoms with Gasteiger partial charge in [-0.3, -0.25) is 4.90 Å². The van der Waals surface area contributed by atoms with Crippen molar-refractivity contribution in [3.05, 3.63) is 29.8 Å². The molecule has 2 aliphatic heterocycles. The van der Waals surface area contributed by atoms with Crippen LogP contribution in [-0.2, 0) is 6.42 Å². The van der Waals surface area contributed by atoms with Crippen LogP contribution in [-0.4, -0.2) is 43.7 Å². The number of nitrogens with one attached hydrogen (secondary N) is 1. The Hall–Kier alpha value is -1.06. The molecule has 0 spiro atoms. The summed E-state index contributed by atoms with van der Waals surface area (Å²) in [5, 5.41) is 3.33. The second-order valence-corrected chi connectivity index (χ2v) is 5.75. The Kier molecular flexibility index (Phi) is 4.04. The molecule has 0 radical (unpaired) electrons. The summed E-state index contributed by atoms with van der Waals surface area (Å²) in [6, 6.07) is 9.14. The molecular weight excluding hydrogens is 236 g/mol. The van der Waals surface area contributed by atoms with E-state index < -0.39 is 0 Å². The highest BCUT2D eigenvalue weighted by Crippen LogP contribution is 2.29. The number of hydrogen-bond donors (Lipinski definition) is 1. The fourth-order valence-corrected chi connectivity index (χ4v) is 3.38. The Labute approximate surface area is 115 Å². The molecule has 1 aromatic rings. The molecule has 104 valence electrons. The third-order valence-corrected chi connectivity index (χ3v) is 4.34. The number of benzene rings is 1. The molecule has 1 fully saturated rings. The standard InChI is InChI=1S/C16H24N2O/c1-17-11-14-7-4-5-9-18(14)12-15-10-13-6-2-3-8-16(13)19-15/h2-3,6,8,14-15,17H,4-5,7,9-12H2,1H3. The van der Waals surface area contributed by atoms with Crippen LogP contribution < -0.4 is 10.1 Å². The maximum Gasteiger partial charge on any atom is 0.123 e. The minimum Gasteiger partial charge on any atom is -0.488 e. The first-order chi connectivity index (χ1) is 9.36. The van der Waals surface area contributed by atoms with Crippen LogP contribution in [0.5, 0.6) is 5.75 Å². The topological polar surface area (TPSA) is 24.5 Å². The quantitative estimate of drug-likeness (QED) is 0.897. The summed E-state index contributed by atoms with van der Waals surface area (Å²) in [7, 11) is 2.05. The first-order valence-corrected chi connectivity index (χ1v) is 7.50. The summed E-state index contributed by atoms with van der Waals surface area (Å²) in [5.41, 5.74) is 1.37. The number of piperidine rings is 1. The summed E-state index contributed by atoms with van der Waals surface area (Å²) in [4.78, 5) is 2.62. The molecule has 2 aliphatic rings. The van der Waals surface area contributed by atoms with Crippen molar-refractivity contribution >= 4 is 0 Å². The predicted molar refractivity (Wildman–Crippen MR) is 77.7 cm³/mol. The second-order valence-electron chi connectivity index (χ2n) is 5.75. The molecule has 19 heavy (non-hydrogen) atoms. The van der Waals surface area contributed by atoms with Gasteiger partial charge < -0.3 is 10.1 Å². The van der Waals surface area contributed by atoms with Crippen LogP contribution in [0.25, 0.3) is 0 Å². The lowest BCUT2D eigenvalue weighted by molar-refractivity contribution is 0.0904. The molecule has 1 saturated heterocycles. The third kappa shape index (κ3) is 2.93. The highest BCUT2D eigenvalue weighted by molar-refractivity contribution is 5.37. The Morgan fingerprint density at radius 1 is 1.32 bits per heavy atom. The van der Waals surface area contributed by atoms with Gasteiger partial charge in [-0.1, -0.05) is 24.6 Å². The monoisotopic (exact) mass is 260 g/mol. The van der Waals surface area contributed by atoms with E-state index in [0.717, 1.165) is 25.3 Å². The minimum atomic E-state index is 0.342. The molecule has 3 rings (SSSR count). The molecule has 0 aromatic heterocycles. The van der Waals surface area contributed by atoms with E-state index >= 15 is 0 Å². The largest absolute Gasteiger partial charge is 0.488 e. The number of hydrogen-bond acceptors (Lipinski definition) is 3. The molecule has 0 aliphatic carbocycles. The van der Waals surface area contributed by atoms with Crippen LogP contribution in [0.15, 0.2) is 24.3 Å². The lowest BCUT2D eigenvalue weighted by Crippen LogP contribution is -2.48. The van der Waals surface area contributed by atoms with E-state index in [1.54, 1.807) is 0 Å². The van der Waals surface area contributed by atoms with Crippen LogP contribution in [0, 0.1) is 0 Å². The number of ether oxygens (including phenoxy) is 1. The van der Waals surface area contributed by atoms with Crippen LogP contribution in [0.2, 0.25) is 0 Å². The van der Waals surface area contributed by atoms with E-state index in [1.807, 2.05) is 0 Å². The average molecular weight is 260 g/mol. The SMILES string of the molecule is CNCC1CCCCN1CC1Cc2ccccc2O1. The van der Waals surface area contributed by atoms with Gasteiger partial charge in [0.25, 0.3) is 0 Å². The van der Waals surface area contributed by atoms with E-state index in [-0.39, 0.29) is 0 Å². The van der Waals surface area contributed by atoms with Gasteiger partial charge in [0.2, 0.25) is 0 Å². The molecule has 2 heterocycles. The molecule has 2 unspecified atom stereocenters. The Morgan fingerprint density at radius 3 is 3.05 bits per heavy atom. The molecule has 1 N–H and O–H groups in total. The van der Waals surface area contributed by atoms with Gasteiger partial charge in [0.1, 0.15) is 11.9 Å². The van der Waals surface area contributed by atoms with E-state index in [2.05, 4.69) is 41.5 Å². The Morgan fingerprint density at radius 2 is 2.21 bits per heavy atom. The minimum absolute atomic E-state index is 0.342. The zero-order chi connectivity index (χ0) is 13.1. The highest BCUT2D eigenvalue weighted by Gasteiger charge is 2.28. The van der Waals surface area contributed by atoms with Crippen molar-refractivity contribution in [2.75, 3.05) is 26.7 Å². The number of likely N-dealkylation sites (tertiary alicyclic amines) is 1. The lowest BCUT2D eigenvalue weighted by atomic mass is 10.0. The van der Waals surface area contributed by atoms with Gasteiger partial charge in [0.15, 0.2) is 0 Å². The fourth-order valence-electron chi connectivity index (χ4n) is 3.38. The first-order valence-electron chi connectivity index (χ1n) is 7.50. The highest BCUT2D eigenvalue weighted by atomic mass is 16.5. The number of fused-ring (bicyclic) bond motifs is 1. The molecular formula is C16H24N2O. The predicted octanol–water partition coefficient (Wildman–Crippen LogP) is 2.06. The zero-order valence-electron chi connectivity index (χ0n) is 11.8. The van der Waals surface area contributed by atoms with Gasteiger partial charge in [0, 0.05) is 25.6 Å². The fraction of sp³-hybridized carbons (Fsp3) is 0.625. The maximum absolute atomic E-state index is 6.07. The van der Waals surface area contributed by atoms with Crippen molar-refractivity contribution in [3.8, 4) is 5.75 Å². The van der Waals surface area contributed by atoms with Crippen molar-refractivity contribution < 1.29 is 4.74 Å². The Bertz CT molecular complexity index is 394. The van der Waals surface area contributed by atoms with E-state index in [1.165, 1.54) is 31.4 Å². The van der Waals surface area contributed by atoms with Crippen molar-refractivity contribution in [1.82, 2.24) is 10.2 Å². The molecule has 0 amide bonds. The number of para-hydroxylation sites is 1. The summed E-state index contributed by atoms with van der Waals surface area (Å²) in [6.45, 7) is 3.39. The summed E-state index contributed by atoms with van der Waals surface area (Å²) < 4.78 is 6.07. The van der Waals surface area contributed by atoms with Gasteiger partial charge in [-0.05, 0) is 38.1 Å². The number of likely N-dealkylation sites (N-methyl/N-ethyl adjacent to an activating group) is 1. The smallest absolute Gasteiger partial charge is 0.123 e. The van der Waals surface area contributed by atoms with Gasteiger partial charge in [-0.15, -0.1) is 0 Å².